The maximum Gasteiger partial charge on any atom is 0.238 e. The van der Waals surface area contributed by atoms with Crippen molar-refractivity contribution in [2.75, 3.05) is 12.4 Å². The van der Waals surface area contributed by atoms with Gasteiger partial charge in [-0.15, -0.1) is 10.2 Å². The third kappa shape index (κ3) is 4.30. The van der Waals surface area contributed by atoms with Crippen LogP contribution in [0.3, 0.4) is 0 Å². The molecule has 1 atom stereocenters. The molecule has 3 heterocycles. The SMILES string of the molecule is CC[C@H](Nc1nnc(-c2ccc(-n3cnc(C)c3)c(OC)n2)cc1C)c1ccccc1F. The Balaban J connectivity index is 1.61. The lowest BCUT2D eigenvalue weighted by atomic mass is 10.0. The highest BCUT2D eigenvalue weighted by atomic mass is 19.1. The van der Waals surface area contributed by atoms with Crippen LogP contribution >= 0.6 is 0 Å². The van der Waals surface area contributed by atoms with E-state index in [0.29, 0.717) is 35.1 Å². The molecule has 8 heteroatoms. The quantitative estimate of drug-likeness (QED) is 0.440. The number of hydrogen-bond donors (Lipinski definition) is 1. The zero-order chi connectivity index (χ0) is 22.7. The zero-order valence-corrected chi connectivity index (χ0v) is 18.5. The van der Waals surface area contributed by atoms with Crippen LogP contribution in [-0.4, -0.2) is 31.8 Å². The number of imidazole rings is 1. The van der Waals surface area contributed by atoms with Crippen LogP contribution in [0.2, 0.25) is 0 Å². The predicted molar refractivity (Wildman–Crippen MR) is 121 cm³/mol. The molecule has 0 aliphatic heterocycles. The van der Waals surface area contributed by atoms with E-state index in [2.05, 4.69) is 25.5 Å². The largest absolute Gasteiger partial charge is 0.479 e. The molecule has 0 bridgehead atoms. The summed E-state index contributed by atoms with van der Waals surface area (Å²) < 4.78 is 21.6. The molecular weight excluding hydrogens is 407 g/mol. The number of ether oxygens (including phenoxy) is 1. The summed E-state index contributed by atoms with van der Waals surface area (Å²) in [6.07, 6.45) is 4.33. The Labute approximate surface area is 186 Å². The average Bonchev–Trinajstić information content (AvgIpc) is 3.24. The van der Waals surface area contributed by atoms with Crippen molar-refractivity contribution in [3.8, 4) is 23.0 Å². The van der Waals surface area contributed by atoms with Gasteiger partial charge in [-0.3, -0.25) is 0 Å². The Kier molecular flexibility index (Phi) is 6.11. The van der Waals surface area contributed by atoms with Crippen molar-refractivity contribution in [3.63, 3.8) is 0 Å². The first-order chi connectivity index (χ1) is 15.5. The molecule has 1 aromatic carbocycles. The number of nitrogens with one attached hydrogen (secondary N) is 1. The summed E-state index contributed by atoms with van der Waals surface area (Å²) in [4.78, 5) is 8.87. The number of nitrogens with zero attached hydrogens (tertiary/aromatic N) is 5. The number of hydrogen-bond acceptors (Lipinski definition) is 6. The Morgan fingerprint density at radius 3 is 2.56 bits per heavy atom. The second-order valence-electron chi connectivity index (χ2n) is 7.54. The third-order valence-electron chi connectivity index (χ3n) is 5.27. The molecular formula is C24H25FN6O. The zero-order valence-electron chi connectivity index (χ0n) is 18.5. The fraction of sp³-hybridized carbons (Fsp3) is 0.250. The van der Waals surface area contributed by atoms with Crippen LogP contribution in [0.1, 0.15) is 36.2 Å². The molecule has 0 saturated carbocycles. The van der Waals surface area contributed by atoms with Crippen molar-refractivity contribution in [2.45, 2.75) is 33.2 Å². The van der Waals surface area contributed by atoms with Crippen LogP contribution in [0.15, 0.2) is 55.0 Å². The minimum atomic E-state index is -0.237. The molecule has 0 amide bonds. The molecule has 1 N–H and O–H groups in total. The number of rotatable bonds is 7. The lowest BCUT2D eigenvalue weighted by molar-refractivity contribution is 0.396. The second kappa shape index (κ2) is 9.13. The van der Waals surface area contributed by atoms with E-state index in [0.717, 1.165) is 16.9 Å². The van der Waals surface area contributed by atoms with E-state index in [1.54, 1.807) is 25.6 Å². The van der Waals surface area contributed by atoms with Crippen molar-refractivity contribution in [1.29, 1.82) is 0 Å². The number of pyridine rings is 1. The Hall–Kier alpha value is -3.81. The van der Waals surface area contributed by atoms with E-state index >= 15 is 0 Å². The van der Waals surface area contributed by atoms with E-state index in [-0.39, 0.29) is 11.9 Å². The first-order valence-corrected chi connectivity index (χ1v) is 10.4. The summed E-state index contributed by atoms with van der Waals surface area (Å²) in [6.45, 7) is 5.86. The minimum Gasteiger partial charge on any atom is -0.479 e. The third-order valence-corrected chi connectivity index (χ3v) is 5.27. The molecule has 7 nitrogen and oxygen atoms in total. The second-order valence-corrected chi connectivity index (χ2v) is 7.54. The highest BCUT2D eigenvalue weighted by Gasteiger charge is 2.17. The molecule has 3 aromatic heterocycles. The Bertz CT molecular complexity index is 1240. The Morgan fingerprint density at radius 2 is 1.91 bits per heavy atom. The van der Waals surface area contributed by atoms with Crippen LogP contribution < -0.4 is 10.1 Å². The maximum atomic E-state index is 14.2. The van der Waals surface area contributed by atoms with Crippen LogP contribution in [0.5, 0.6) is 5.88 Å². The van der Waals surface area contributed by atoms with Crippen LogP contribution in [0.4, 0.5) is 10.2 Å². The molecule has 0 saturated heterocycles. The van der Waals surface area contributed by atoms with Gasteiger partial charge in [0.25, 0.3) is 0 Å². The van der Waals surface area contributed by atoms with Gasteiger partial charge in [0.1, 0.15) is 17.2 Å². The number of anilines is 1. The predicted octanol–water partition coefficient (Wildman–Crippen LogP) is 5.05. The molecule has 0 fully saturated rings. The van der Waals surface area contributed by atoms with Gasteiger partial charge in [0, 0.05) is 11.8 Å². The van der Waals surface area contributed by atoms with Crippen molar-refractivity contribution >= 4 is 5.82 Å². The van der Waals surface area contributed by atoms with Crippen molar-refractivity contribution in [2.24, 2.45) is 0 Å². The van der Waals surface area contributed by atoms with Gasteiger partial charge in [-0.1, -0.05) is 25.1 Å². The lowest BCUT2D eigenvalue weighted by Crippen LogP contribution is -2.14. The molecule has 0 radical (unpaired) electrons. The van der Waals surface area contributed by atoms with Crippen molar-refractivity contribution < 1.29 is 9.13 Å². The number of halogens is 1. The molecule has 0 spiro atoms. The molecule has 4 rings (SSSR count). The Morgan fingerprint density at radius 1 is 1.09 bits per heavy atom. The van der Waals surface area contributed by atoms with Gasteiger partial charge in [0.2, 0.25) is 5.88 Å². The first kappa shape index (κ1) is 21.4. The van der Waals surface area contributed by atoms with Gasteiger partial charge >= 0.3 is 0 Å². The molecule has 0 aliphatic carbocycles. The molecule has 32 heavy (non-hydrogen) atoms. The van der Waals surface area contributed by atoms with E-state index in [9.17, 15) is 4.39 Å². The van der Waals surface area contributed by atoms with Gasteiger partial charge in [0.15, 0.2) is 5.82 Å². The van der Waals surface area contributed by atoms with Gasteiger partial charge in [-0.25, -0.2) is 14.4 Å². The summed E-state index contributed by atoms with van der Waals surface area (Å²) in [6, 6.07) is 12.3. The van der Waals surface area contributed by atoms with Crippen molar-refractivity contribution in [3.05, 3.63) is 77.6 Å². The number of aromatic nitrogens is 5. The fourth-order valence-corrected chi connectivity index (χ4v) is 3.55. The molecule has 164 valence electrons. The van der Waals surface area contributed by atoms with Gasteiger partial charge in [-0.05, 0) is 50.1 Å². The monoisotopic (exact) mass is 432 g/mol. The van der Waals surface area contributed by atoms with Gasteiger partial charge < -0.3 is 14.6 Å². The van der Waals surface area contributed by atoms with E-state index < -0.39 is 0 Å². The van der Waals surface area contributed by atoms with Crippen LogP contribution in [0, 0.1) is 19.7 Å². The van der Waals surface area contributed by atoms with Gasteiger partial charge in [-0.2, -0.15) is 0 Å². The highest BCUT2D eigenvalue weighted by Crippen LogP contribution is 2.28. The normalized spacial score (nSPS) is 11.9. The van der Waals surface area contributed by atoms with E-state index in [1.165, 1.54) is 6.07 Å². The standard InChI is InChI=1S/C24H25FN6O/c1-5-19(17-8-6-7-9-18(17)25)27-23-15(2)12-21(29-30-23)20-10-11-22(24(28-20)32-4)31-13-16(3)26-14-31/h6-14,19H,5H2,1-4H3,(H,27,30)/t19-/m0/s1. The number of methoxy groups -OCH3 is 1. The van der Waals surface area contributed by atoms with Gasteiger partial charge in [0.05, 0.1) is 30.9 Å². The van der Waals surface area contributed by atoms with Crippen molar-refractivity contribution in [1.82, 2.24) is 24.7 Å². The molecule has 0 aliphatic rings. The minimum absolute atomic E-state index is 0.203. The first-order valence-electron chi connectivity index (χ1n) is 10.4. The average molecular weight is 433 g/mol. The summed E-state index contributed by atoms with van der Waals surface area (Å²) in [7, 11) is 1.58. The summed E-state index contributed by atoms with van der Waals surface area (Å²) in [5, 5.41) is 12.0. The molecule has 4 aromatic rings. The lowest BCUT2D eigenvalue weighted by Gasteiger charge is -2.19. The number of aryl methyl sites for hydroxylation is 2. The number of benzene rings is 1. The fourth-order valence-electron chi connectivity index (χ4n) is 3.55. The van der Waals surface area contributed by atoms with E-state index in [4.69, 9.17) is 4.74 Å². The van der Waals surface area contributed by atoms with Crippen LogP contribution in [0.25, 0.3) is 17.1 Å². The smallest absolute Gasteiger partial charge is 0.238 e. The summed E-state index contributed by atoms with van der Waals surface area (Å²) >= 11 is 0. The van der Waals surface area contributed by atoms with E-state index in [1.807, 2.05) is 55.8 Å². The maximum absolute atomic E-state index is 14.2. The summed E-state index contributed by atoms with van der Waals surface area (Å²) in [5.74, 6) is 0.840. The highest BCUT2D eigenvalue weighted by molar-refractivity contribution is 5.61. The van der Waals surface area contributed by atoms with Crippen LogP contribution in [-0.2, 0) is 0 Å². The molecule has 0 unspecified atom stereocenters. The topological polar surface area (TPSA) is 77.8 Å². The summed E-state index contributed by atoms with van der Waals surface area (Å²) in [5.41, 5.74) is 4.46.